The largest absolute Gasteiger partial charge is 0.476 e. The number of thiazole rings is 1. The van der Waals surface area contributed by atoms with Crippen molar-refractivity contribution >= 4 is 29.0 Å². The average Bonchev–Trinajstić information content (AvgIpc) is 2.88. The first kappa shape index (κ1) is 12.1. The molecule has 0 saturated heterocycles. The first-order valence-electron chi connectivity index (χ1n) is 6.15. The highest BCUT2D eigenvalue weighted by Gasteiger charge is 2.19. The molecule has 1 aliphatic rings. The second-order valence-corrected chi connectivity index (χ2v) is 5.54. The number of rotatable bonds is 2. The Hall–Kier alpha value is -1.94. The number of hydrogen-bond donors (Lipinski definition) is 1. The molecule has 0 spiro atoms. The molecule has 1 aliphatic carbocycles. The summed E-state index contributed by atoms with van der Waals surface area (Å²) in [5, 5.41) is 13.8. The van der Waals surface area contributed by atoms with Gasteiger partial charge in [0.15, 0.2) is 5.69 Å². The van der Waals surface area contributed by atoms with Gasteiger partial charge in [-0.2, -0.15) is 0 Å². The van der Waals surface area contributed by atoms with Gasteiger partial charge in [-0.3, -0.25) is 0 Å². The molecule has 1 unspecified atom stereocenters. The Balaban J connectivity index is 2.27. The zero-order valence-electron chi connectivity index (χ0n) is 10.5. The molecule has 4 heteroatoms. The van der Waals surface area contributed by atoms with E-state index in [-0.39, 0.29) is 5.69 Å². The Morgan fingerprint density at radius 3 is 2.95 bits per heavy atom. The second-order valence-electron chi connectivity index (χ2n) is 4.68. The van der Waals surface area contributed by atoms with E-state index >= 15 is 0 Å². The van der Waals surface area contributed by atoms with Crippen molar-refractivity contribution in [3.63, 3.8) is 0 Å². The van der Waals surface area contributed by atoms with Crippen molar-refractivity contribution in [3.8, 4) is 0 Å². The molecule has 0 saturated carbocycles. The van der Waals surface area contributed by atoms with E-state index in [0.29, 0.717) is 5.92 Å². The first-order chi connectivity index (χ1) is 9.16. The molecule has 0 aliphatic heterocycles. The van der Waals surface area contributed by atoms with Crippen molar-refractivity contribution in [2.75, 3.05) is 0 Å². The monoisotopic (exact) mass is 271 g/mol. The van der Waals surface area contributed by atoms with E-state index < -0.39 is 5.97 Å². The predicted octanol–water partition coefficient (Wildman–Crippen LogP) is 1.86. The van der Waals surface area contributed by atoms with Gasteiger partial charge in [-0.25, -0.2) is 9.78 Å². The summed E-state index contributed by atoms with van der Waals surface area (Å²) in [7, 11) is 0. The molecule has 3 nitrogen and oxygen atoms in total. The molecule has 0 fully saturated rings. The summed E-state index contributed by atoms with van der Waals surface area (Å²) >= 11 is 1.41. The van der Waals surface area contributed by atoms with Gasteiger partial charge in [-0.05, 0) is 28.3 Å². The third-order valence-electron chi connectivity index (χ3n) is 3.39. The smallest absolute Gasteiger partial charge is 0.355 e. The fraction of sp³-hybridized carbons (Fsp3) is 0.200. The number of benzene rings is 1. The van der Waals surface area contributed by atoms with Gasteiger partial charge in [0.2, 0.25) is 0 Å². The lowest BCUT2D eigenvalue weighted by atomic mass is 9.90. The third kappa shape index (κ3) is 2.08. The Morgan fingerprint density at radius 1 is 1.42 bits per heavy atom. The van der Waals surface area contributed by atoms with Crippen LogP contribution in [0.2, 0.25) is 0 Å². The van der Waals surface area contributed by atoms with Gasteiger partial charge < -0.3 is 5.11 Å². The van der Waals surface area contributed by atoms with Gasteiger partial charge in [0, 0.05) is 5.38 Å². The molecule has 19 heavy (non-hydrogen) atoms. The van der Waals surface area contributed by atoms with Gasteiger partial charge in [0.05, 0.1) is 0 Å². The summed E-state index contributed by atoms with van der Waals surface area (Å²) in [6.07, 6.45) is 3.20. The number of hydrogen-bond acceptors (Lipinski definition) is 3. The zero-order chi connectivity index (χ0) is 13.4. The molecule has 96 valence electrons. The summed E-state index contributed by atoms with van der Waals surface area (Å²) in [4.78, 5) is 15.2. The molecule has 2 aromatic rings. The molecule has 1 heterocycles. The molecular weight excluding hydrogens is 258 g/mol. The predicted molar refractivity (Wildman–Crippen MR) is 75.5 cm³/mol. The maximum Gasteiger partial charge on any atom is 0.355 e. The van der Waals surface area contributed by atoms with Crippen LogP contribution in [0.1, 0.15) is 28.8 Å². The van der Waals surface area contributed by atoms with Crippen molar-refractivity contribution in [1.82, 2.24) is 4.98 Å². The maximum atomic E-state index is 11.0. The minimum Gasteiger partial charge on any atom is -0.476 e. The molecular formula is C15H13NO2S. The van der Waals surface area contributed by atoms with Crippen LogP contribution in [-0.2, 0) is 0 Å². The average molecular weight is 271 g/mol. The molecule has 1 N–H and O–H groups in total. The lowest BCUT2D eigenvalue weighted by Gasteiger charge is -2.16. The van der Waals surface area contributed by atoms with Crippen molar-refractivity contribution in [1.29, 1.82) is 0 Å². The third-order valence-corrected chi connectivity index (χ3v) is 4.26. The van der Waals surface area contributed by atoms with Crippen LogP contribution in [0, 0.1) is 5.92 Å². The highest BCUT2D eigenvalue weighted by Crippen LogP contribution is 2.27. The van der Waals surface area contributed by atoms with E-state index in [2.05, 4.69) is 30.1 Å². The molecule has 0 bridgehead atoms. The molecule has 0 amide bonds. The van der Waals surface area contributed by atoms with E-state index in [0.717, 1.165) is 17.0 Å². The van der Waals surface area contributed by atoms with Gasteiger partial charge >= 0.3 is 5.97 Å². The molecule has 1 aromatic carbocycles. The second kappa shape index (κ2) is 4.63. The van der Waals surface area contributed by atoms with E-state index in [1.807, 2.05) is 12.1 Å². The fourth-order valence-electron chi connectivity index (χ4n) is 2.43. The number of fused-ring (bicyclic) bond motifs is 1. The maximum absolute atomic E-state index is 11.0. The highest BCUT2D eigenvalue weighted by molar-refractivity contribution is 7.11. The minimum atomic E-state index is -0.966. The Labute approximate surface area is 114 Å². The van der Waals surface area contributed by atoms with Gasteiger partial charge in [-0.15, -0.1) is 11.3 Å². The van der Waals surface area contributed by atoms with Gasteiger partial charge in [0.25, 0.3) is 0 Å². The van der Waals surface area contributed by atoms with Gasteiger partial charge in [0.1, 0.15) is 5.01 Å². The van der Waals surface area contributed by atoms with Crippen LogP contribution in [0.25, 0.3) is 11.6 Å². The van der Waals surface area contributed by atoms with Crippen molar-refractivity contribution in [2.24, 2.45) is 5.92 Å². The first-order valence-corrected chi connectivity index (χ1v) is 7.03. The number of nitrogens with zero attached hydrogens (tertiary/aromatic N) is 1. The molecule has 1 aromatic heterocycles. The van der Waals surface area contributed by atoms with Crippen LogP contribution < -0.4 is 10.4 Å². The highest BCUT2D eigenvalue weighted by atomic mass is 32.1. The van der Waals surface area contributed by atoms with Crippen LogP contribution in [0.15, 0.2) is 29.6 Å². The van der Waals surface area contributed by atoms with E-state index in [1.54, 1.807) is 5.38 Å². The molecule has 1 atom stereocenters. The number of carbonyl (C=O) groups is 1. The van der Waals surface area contributed by atoms with Crippen molar-refractivity contribution in [3.05, 3.63) is 50.8 Å². The van der Waals surface area contributed by atoms with Crippen LogP contribution in [0.3, 0.4) is 0 Å². The Kier molecular flexibility index (Phi) is 2.95. The topological polar surface area (TPSA) is 50.2 Å². The standard InChI is InChI=1S/C15H13NO2S/c1-9-6-7-10-4-2-3-5-11(10)13(9)14-16-12(8-19-14)15(17)18/h2-5,7-9H,6H2,1H3,(H,17,18). The summed E-state index contributed by atoms with van der Waals surface area (Å²) in [5.74, 6) is -0.603. The van der Waals surface area contributed by atoms with E-state index in [1.165, 1.54) is 21.8 Å². The Bertz CT molecular complexity index is 760. The number of aromatic nitrogens is 1. The molecule has 3 rings (SSSR count). The summed E-state index contributed by atoms with van der Waals surface area (Å²) in [5.41, 5.74) is 1.29. The van der Waals surface area contributed by atoms with Crippen LogP contribution in [0.5, 0.6) is 0 Å². The zero-order valence-corrected chi connectivity index (χ0v) is 11.3. The Morgan fingerprint density at radius 2 is 2.21 bits per heavy atom. The van der Waals surface area contributed by atoms with Crippen LogP contribution in [0.4, 0.5) is 0 Å². The summed E-state index contributed by atoms with van der Waals surface area (Å²) < 4.78 is 0. The molecule has 0 radical (unpaired) electrons. The van der Waals surface area contributed by atoms with Crippen molar-refractivity contribution < 1.29 is 9.90 Å². The van der Waals surface area contributed by atoms with Crippen molar-refractivity contribution in [2.45, 2.75) is 13.3 Å². The summed E-state index contributed by atoms with van der Waals surface area (Å²) in [6.45, 7) is 2.16. The number of carboxylic acids is 1. The number of carboxylic acid groups (broad SMARTS) is 1. The lowest BCUT2D eigenvalue weighted by Crippen LogP contribution is -2.32. The van der Waals surface area contributed by atoms with Crippen LogP contribution >= 0.6 is 11.3 Å². The lowest BCUT2D eigenvalue weighted by molar-refractivity contribution is 0.0691. The summed E-state index contributed by atoms with van der Waals surface area (Å²) in [6, 6.07) is 8.20. The minimum absolute atomic E-state index is 0.131. The quantitative estimate of drug-likeness (QED) is 0.907. The number of aromatic carboxylic acids is 1. The fourth-order valence-corrected chi connectivity index (χ4v) is 3.39. The SMILES string of the molecule is CC1CC=c2ccccc2=C1c1nc(C(=O)O)cs1. The van der Waals surface area contributed by atoms with Gasteiger partial charge in [-0.1, -0.05) is 37.3 Å². The van der Waals surface area contributed by atoms with E-state index in [9.17, 15) is 4.79 Å². The normalized spacial score (nSPS) is 17.7. The van der Waals surface area contributed by atoms with E-state index in [4.69, 9.17) is 5.11 Å². The van der Waals surface area contributed by atoms with Crippen LogP contribution in [-0.4, -0.2) is 16.1 Å².